The molecule has 0 radical (unpaired) electrons. The van der Waals surface area contributed by atoms with E-state index in [0.29, 0.717) is 5.92 Å². The Balaban J connectivity index is 1.45. The van der Waals surface area contributed by atoms with Gasteiger partial charge in [0, 0.05) is 0 Å². The zero-order chi connectivity index (χ0) is 21.1. The van der Waals surface area contributed by atoms with Gasteiger partial charge in [-0.3, -0.25) is 0 Å². The summed E-state index contributed by atoms with van der Waals surface area (Å²) in [5.74, 6) is 2.88. The smallest absolute Gasteiger partial charge is 0.0174 e. The maximum atomic E-state index is 2.52. The Morgan fingerprint density at radius 2 is 1.30 bits per heavy atom. The first kappa shape index (κ1) is 21.2. The minimum Gasteiger partial charge on any atom is -0.0690 e. The van der Waals surface area contributed by atoms with Gasteiger partial charge in [-0.2, -0.15) is 0 Å². The number of hydrogen-bond acceptors (Lipinski definition) is 0. The van der Waals surface area contributed by atoms with E-state index in [1.165, 1.54) is 60.8 Å². The van der Waals surface area contributed by atoms with Crippen LogP contribution in [0.25, 0.3) is 12.2 Å². The van der Waals surface area contributed by atoms with E-state index in [2.05, 4.69) is 88.4 Å². The zero-order valence-corrected chi connectivity index (χ0v) is 19.3. The third-order valence-electron chi connectivity index (χ3n) is 8.07. The molecule has 0 N–H and O–H groups in total. The minimum absolute atomic E-state index is 0.705. The molecule has 0 spiro atoms. The number of benzene rings is 2. The van der Waals surface area contributed by atoms with Crippen LogP contribution < -0.4 is 0 Å². The first-order chi connectivity index (χ1) is 14.6. The lowest BCUT2D eigenvalue weighted by Gasteiger charge is -2.35. The summed E-state index contributed by atoms with van der Waals surface area (Å²) in [6.07, 6.45) is 12.4. The fraction of sp³-hybridized carbons (Fsp3) is 0.467. The standard InChI is InChI=1S/C30H38/c1-5-30(29-17-16-26-11-7-9-13-28(26)20-29)23(4)22(3)21(2)18-24-14-15-25-10-6-8-12-27(25)19-24/h6-13,19-23,30H,5,14-18H2,1-4H3. The Labute approximate surface area is 184 Å². The van der Waals surface area contributed by atoms with Gasteiger partial charge in [-0.25, -0.2) is 0 Å². The van der Waals surface area contributed by atoms with Crippen LogP contribution in [-0.2, 0) is 12.8 Å². The third kappa shape index (κ3) is 4.48. The van der Waals surface area contributed by atoms with Crippen LogP contribution in [0.1, 0.15) is 75.6 Å². The Kier molecular flexibility index (Phi) is 6.61. The highest BCUT2D eigenvalue weighted by molar-refractivity contribution is 5.60. The Bertz CT molecular complexity index is 929. The summed E-state index contributed by atoms with van der Waals surface area (Å²) < 4.78 is 0. The van der Waals surface area contributed by atoms with E-state index in [4.69, 9.17) is 0 Å². The van der Waals surface area contributed by atoms with Crippen LogP contribution >= 0.6 is 0 Å². The molecule has 2 aromatic rings. The fourth-order valence-electron chi connectivity index (χ4n) is 5.85. The molecule has 0 saturated carbocycles. The van der Waals surface area contributed by atoms with Gasteiger partial charge in [-0.15, -0.1) is 0 Å². The average Bonchev–Trinajstić information content (AvgIpc) is 2.78. The molecule has 158 valence electrons. The molecule has 4 rings (SSSR count). The van der Waals surface area contributed by atoms with Crippen molar-refractivity contribution in [3.05, 3.63) is 81.9 Å². The van der Waals surface area contributed by atoms with E-state index in [1.54, 1.807) is 11.1 Å². The number of allylic oxidation sites excluding steroid dienone is 2. The van der Waals surface area contributed by atoms with E-state index in [1.807, 2.05) is 0 Å². The summed E-state index contributed by atoms with van der Waals surface area (Å²) in [7, 11) is 0. The molecule has 0 amide bonds. The quantitative estimate of drug-likeness (QED) is 0.439. The van der Waals surface area contributed by atoms with E-state index >= 15 is 0 Å². The van der Waals surface area contributed by atoms with Gasteiger partial charge in [-0.05, 0) is 84.5 Å². The van der Waals surface area contributed by atoms with Crippen LogP contribution in [0, 0.1) is 23.7 Å². The highest BCUT2D eigenvalue weighted by Gasteiger charge is 2.29. The van der Waals surface area contributed by atoms with Crippen LogP contribution in [0.4, 0.5) is 0 Å². The van der Waals surface area contributed by atoms with Crippen LogP contribution in [0.15, 0.2) is 59.7 Å². The molecule has 0 heteroatoms. The van der Waals surface area contributed by atoms with Gasteiger partial charge in [-0.1, -0.05) is 99.5 Å². The number of rotatable bonds is 7. The molecule has 4 unspecified atom stereocenters. The molecule has 0 aliphatic heterocycles. The first-order valence-electron chi connectivity index (χ1n) is 12.1. The number of hydrogen-bond donors (Lipinski definition) is 0. The second kappa shape index (κ2) is 9.38. The van der Waals surface area contributed by atoms with Gasteiger partial charge in [0.2, 0.25) is 0 Å². The largest absolute Gasteiger partial charge is 0.0690 e. The predicted molar refractivity (Wildman–Crippen MR) is 131 cm³/mol. The van der Waals surface area contributed by atoms with Crippen molar-refractivity contribution in [3.8, 4) is 0 Å². The molecule has 0 fully saturated rings. The Morgan fingerprint density at radius 3 is 1.97 bits per heavy atom. The topological polar surface area (TPSA) is 0 Å². The Hall–Kier alpha value is -2.08. The van der Waals surface area contributed by atoms with Gasteiger partial charge in [0.15, 0.2) is 0 Å². The monoisotopic (exact) mass is 398 g/mol. The second-order valence-corrected chi connectivity index (χ2v) is 9.83. The maximum absolute atomic E-state index is 2.52. The van der Waals surface area contributed by atoms with Crippen LogP contribution in [0.2, 0.25) is 0 Å². The van der Waals surface area contributed by atoms with Crippen molar-refractivity contribution in [2.75, 3.05) is 0 Å². The van der Waals surface area contributed by atoms with Crippen molar-refractivity contribution in [2.45, 2.75) is 66.2 Å². The van der Waals surface area contributed by atoms with Gasteiger partial charge in [0.25, 0.3) is 0 Å². The summed E-state index contributed by atoms with van der Waals surface area (Å²) in [6.45, 7) is 9.90. The molecule has 0 saturated heterocycles. The van der Waals surface area contributed by atoms with Crippen molar-refractivity contribution in [3.63, 3.8) is 0 Å². The van der Waals surface area contributed by atoms with Crippen molar-refractivity contribution in [1.82, 2.24) is 0 Å². The SMILES string of the molecule is CCC(C1=Cc2ccccc2CC1)C(C)C(C)C(C)CC1=Cc2ccccc2CC1. The minimum atomic E-state index is 0.705. The predicted octanol–water partition coefficient (Wildman–Crippen LogP) is 8.37. The van der Waals surface area contributed by atoms with Crippen LogP contribution in [-0.4, -0.2) is 0 Å². The molecule has 2 aliphatic carbocycles. The second-order valence-electron chi connectivity index (χ2n) is 9.83. The zero-order valence-electron chi connectivity index (χ0n) is 19.3. The van der Waals surface area contributed by atoms with Crippen molar-refractivity contribution in [2.24, 2.45) is 23.7 Å². The van der Waals surface area contributed by atoms with Crippen molar-refractivity contribution in [1.29, 1.82) is 0 Å². The summed E-state index contributed by atoms with van der Waals surface area (Å²) in [6, 6.07) is 17.9. The lowest BCUT2D eigenvalue weighted by atomic mass is 9.70. The van der Waals surface area contributed by atoms with E-state index < -0.39 is 0 Å². The highest BCUT2D eigenvalue weighted by atomic mass is 14.3. The molecule has 0 aromatic heterocycles. The number of aryl methyl sites for hydroxylation is 2. The fourth-order valence-corrected chi connectivity index (χ4v) is 5.85. The first-order valence-corrected chi connectivity index (χ1v) is 12.1. The molecule has 2 aromatic carbocycles. The van der Waals surface area contributed by atoms with Crippen LogP contribution in [0.5, 0.6) is 0 Å². The van der Waals surface area contributed by atoms with Gasteiger partial charge in [0.1, 0.15) is 0 Å². The average molecular weight is 399 g/mol. The molecular formula is C30H38. The molecular weight excluding hydrogens is 360 g/mol. The molecule has 4 atom stereocenters. The normalized spacial score (nSPS) is 19.6. The molecule has 2 aliphatic rings. The lowest BCUT2D eigenvalue weighted by molar-refractivity contribution is 0.214. The van der Waals surface area contributed by atoms with Gasteiger partial charge >= 0.3 is 0 Å². The maximum Gasteiger partial charge on any atom is -0.0174 e. The summed E-state index contributed by atoms with van der Waals surface area (Å²) in [5.41, 5.74) is 9.29. The summed E-state index contributed by atoms with van der Waals surface area (Å²) in [4.78, 5) is 0. The van der Waals surface area contributed by atoms with Crippen molar-refractivity contribution >= 4 is 12.2 Å². The van der Waals surface area contributed by atoms with E-state index in [9.17, 15) is 0 Å². The molecule has 0 heterocycles. The van der Waals surface area contributed by atoms with E-state index in [0.717, 1.165) is 17.8 Å². The highest BCUT2D eigenvalue weighted by Crippen LogP contribution is 2.40. The lowest BCUT2D eigenvalue weighted by Crippen LogP contribution is -2.26. The van der Waals surface area contributed by atoms with Crippen LogP contribution in [0.3, 0.4) is 0 Å². The van der Waals surface area contributed by atoms with Gasteiger partial charge in [0.05, 0.1) is 0 Å². The molecule has 30 heavy (non-hydrogen) atoms. The molecule has 0 nitrogen and oxygen atoms in total. The van der Waals surface area contributed by atoms with Crippen molar-refractivity contribution < 1.29 is 0 Å². The number of fused-ring (bicyclic) bond motifs is 2. The Morgan fingerprint density at radius 1 is 0.700 bits per heavy atom. The van der Waals surface area contributed by atoms with Gasteiger partial charge < -0.3 is 0 Å². The summed E-state index contributed by atoms with van der Waals surface area (Å²) in [5, 5.41) is 0. The molecule has 0 bridgehead atoms. The summed E-state index contributed by atoms with van der Waals surface area (Å²) >= 11 is 0. The van der Waals surface area contributed by atoms with E-state index in [-0.39, 0.29) is 0 Å². The third-order valence-corrected chi connectivity index (χ3v) is 8.07.